The number of esters is 1. The number of hydrogen-bond donors (Lipinski definition) is 2. The molecular weight excluding hydrogens is 478 g/mol. The number of anilines is 2. The monoisotopic (exact) mass is 514 g/mol. The average molecular weight is 515 g/mol. The highest BCUT2D eigenvalue weighted by Gasteiger charge is 2.34. The second-order valence-corrected chi connectivity index (χ2v) is 11.2. The number of thiophene rings is 1. The zero-order chi connectivity index (χ0) is 25.9. The van der Waals surface area contributed by atoms with Crippen LogP contribution >= 0.6 is 11.3 Å². The number of likely N-dealkylation sites (N-methyl/N-ethyl adjacent to an activating group) is 1. The second kappa shape index (κ2) is 10.9. The topological polar surface area (TPSA) is 92.3 Å². The molecule has 0 bridgehead atoms. The fraction of sp³-hybridized carbons (Fsp3) is 0.500. The first-order valence-electron chi connectivity index (χ1n) is 12.4. The average Bonchev–Trinajstić information content (AvgIpc) is 3.13. The van der Waals surface area contributed by atoms with Gasteiger partial charge in [-0.1, -0.05) is 26.0 Å². The molecule has 1 aromatic carbocycles. The van der Waals surface area contributed by atoms with Crippen molar-refractivity contribution in [1.82, 2.24) is 10.2 Å². The molecule has 2 aliphatic rings. The molecule has 1 atom stereocenters. The van der Waals surface area contributed by atoms with E-state index in [1.54, 1.807) is 18.3 Å². The van der Waals surface area contributed by atoms with Gasteiger partial charge in [-0.2, -0.15) is 0 Å². The Morgan fingerprint density at radius 3 is 2.64 bits per heavy atom. The lowest BCUT2D eigenvalue weighted by Crippen LogP contribution is -2.59. The number of carbonyl (C=O) groups excluding carboxylic acids is 2. The van der Waals surface area contributed by atoms with Crippen LogP contribution < -0.4 is 10.6 Å². The van der Waals surface area contributed by atoms with Gasteiger partial charge < -0.3 is 25.0 Å². The molecule has 2 aromatic rings. The maximum absolute atomic E-state index is 12.5. The van der Waals surface area contributed by atoms with Gasteiger partial charge in [-0.05, 0) is 38.0 Å². The minimum atomic E-state index is -0.729. The van der Waals surface area contributed by atoms with Gasteiger partial charge in [-0.3, -0.25) is 4.48 Å². The Balaban J connectivity index is 1.39. The number of nitrogens with one attached hydrogen (secondary N) is 2. The summed E-state index contributed by atoms with van der Waals surface area (Å²) in [7, 11) is 2.09. The smallest absolute Gasteiger partial charge is 0.412 e. The normalized spacial score (nSPS) is 17.2. The second-order valence-electron chi connectivity index (χ2n) is 9.91. The van der Waals surface area contributed by atoms with Crippen molar-refractivity contribution in [2.45, 2.75) is 33.7 Å². The van der Waals surface area contributed by atoms with Crippen molar-refractivity contribution >= 4 is 45.6 Å². The van der Waals surface area contributed by atoms with Gasteiger partial charge in [0.2, 0.25) is 6.73 Å². The molecule has 0 spiro atoms. The van der Waals surface area contributed by atoms with E-state index in [1.807, 2.05) is 32.0 Å². The molecular formula is C26H36N5O4S+. The molecule has 10 heteroatoms. The van der Waals surface area contributed by atoms with E-state index in [4.69, 9.17) is 14.5 Å². The predicted molar refractivity (Wildman–Crippen MR) is 142 cm³/mol. The number of para-hydroxylation sites is 2. The number of nitrogens with zero attached hydrogens (tertiary/aromatic N) is 3. The maximum Gasteiger partial charge on any atom is 0.412 e. The van der Waals surface area contributed by atoms with Gasteiger partial charge in [0.15, 0.2) is 0 Å². The molecule has 194 valence electrons. The molecule has 9 nitrogen and oxygen atoms in total. The number of amidine groups is 1. The van der Waals surface area contributed by atoms with Gasteiger partial charge in [0.1, 0.15) is 16.9 Å². The van der Waals surface area contributed by atoms with Crippen molar-refractivity contribution in [3.8, 4) is 0 Å². The van der Waals surface area contributed by atoms with Gasteiger partial charge in [-0.25, -0.2) is 14.6 Å². The molecule has 36 heavy (non-hydrogen) atoms. The van der Waals surface area contributed by atoms with E-state index in [2.05, 4.69) is 41.6 Å². The highest BCUT2D eigenvalue weighted by molar-refractivity contribution is 7.16. The van der Waals surface area contributed by atoms with Gasteiger partial charge in [-0.15, -0.1) is 11.3 Å². The number of alkyl carbamates (subject to hydrolysis) is 1. The largest absolute Gasteiger partial charge is 0.464 e. The summed E-state index contributed by atoms with van der Waals surface area (Å²) in [5.41, 5.74) is 3.06. The predicted octanol–water partition coefficient (Wildman–Crippen LogP) is 4.23. The summed E-state index contributed by atoms with van der Waals surface area (Å²) in [5, 5.41) is 7.34. The third kappa shape index (κ3) is 5.82. The minimum absolute atomic E-state index is 0.101. The molecule has 1 saturated heterocycles. The summed E-state index contributed by atoms with van der Waals surface area (Å²) in [6, 6.07) is 9.57. The Kier molecular flexibility index (Phi) is 7.85. The number of fused-ring (bicyclic) bond motifs is 2. The number of aliphatic imine (C=N–C) groups is 1. The molecule has 3 heterocycles. The number of benzene rings is 1. The molecule has 4 rings (SSSR count). The third-order valence-electron chi connectivity index (χ3n) is 6.58. The third-order valence-corrected chi connectivity index (χ3v) is 7.55. The first-order chi connectivity index (χ1) is 17.2. The van der Waals surface area contributed by atoms with E-state index in [-0.39, 0.29) is 19.3 Å². The molecule has 0 saturated carbocycles. The van der Waals surface area contributed by atoms with Crippen molar-refractivity contribution in [2.24, 2.45) is 10.9 Å². The number of ether oxygens (including phenoxy) is 2. The van der Waals surface area contributed by atoms with Crippen molar-refractivity contribution < 1.29 is 23.5 Å². The van der Waals surface area contributed by atoms with Crippen LogP contribution in [0.1, 0.15) is 31.2 Å². The summed E-state index contributed by atoms with van der Waals surface area (Å²) >= 11 is 1.74. The summed E-state index contributed by atoms with van der Waals surface area (Å²) < 4.78 is 11.2. The number of piperazine rings is 1. The standard InChI is InChI=1S/C26H35N5O4S/c1-6-34-25(32)22(17(2)3)29-26(33)35-16-31(5)13-11-30(12-14-31)23-19-15-18(4)36-24(19)28-21-10-8-7-9-20(21)27-23/h7-10,15,17,22H,6,11-14,16H2,1-5H3,(H-,27,28,29,33)/p+1/t22-/m0/s1. The van der Waals surface area contributed by atoms with Crippen LogP contribution in [0.2, 0.25) is 0 Å². The van der Waals surface area contributed by atoms with Crippen LogP contribution in [-0.4, -0.2) is 79.9 Å². The molecule has 0 radical (unpaired) electrons. The highest BCUT2D eigenvalue weighted by atomic mass is 32.1. The van der Waals surface area contributed by atoms with Crippen LogP contribution in [0, 0.1) is 12.8 Å². The van der Waals surface area contributed by atoms with E-state index in [9.17, 15) is 9.59 Å². The molecule has 2 N–H and O–H groups in total. The van der Waals surface area contributed by atoms with Crippen molar-refractivity contribution in [1.29, 1.82) is 0 Å². The first kappa shape index (κ1) is 26.0. The Morgan fingerprint density at radius 2 is 1.94 bits per heavy atom. The van der Waals surface area contributed by atoms with Gasteiger partial charge in [0.05, 0.1) is 56.8 Å². The molecule has 0 unspecified atom stereocenters. The lowest BCUT2D eigenvalue weighted by Gasteiger charge is -2.42. The summed E-state index contributed by atoms with van der Waals surface area (Å²) in [4.78, 5) is 33.2. The van der Waals surface area contributed by atoms with Crippen LogP contribution in [0.3, 0.4) is 0 Å². The Morgan fingerprint density at radius 1 is 1.22 bits per heavy atom. The van der Waals surface area contributed by atoms with Crippen LogP contribution in [-0.2, 0) is 14.3 Å². The number of quaternary nitrogens is 1. The molecule has 1 aromatic heterocycles. The number of rotatable bonds is 6. The maximum atomic E-state index is 12.5. The molecule has 1 fully saturated rings. The number of amides is 1. The van der Waals surface area contributed by atoms with Gasteiger partial charge in [0.25, 0.3) is 0 Å². The zero-order valence-corrected chi connectivity index (χ0v) is 22.5. The summed E-state index contributed by atoms with van der Waals surface area (Å²) in [6.45, 7) is 11.2. The fourth-order valence-corrected chi connectivity index (χ4v) is 5.31. The number of aryl methyl sites for hydroxylation is 1. The van der Waals surface area contributed by atoms with Crippen molar-refractivity contribution in [3.63, 3.8) is 0 Å². The van der Waals surface area contributed by atoms with Crippen molar-refractivity contribution in [3.05, 3.63) is 40.8 Å². The summed E-state index contributed by atoms with van der Waals surface area (Å²) in [6.07, 6.45) is -0.599. The first-order valence-corrected chi connectivity index (χ1v) is 13.2. The Bertz CT molecular complexity index is 1140. The van der Waals surface area contributed by atoms with Crippen LogP contribution in [0.25, 0.3) is 0 Å². The minimum Gasteiger partial charge on any atom is -0.464 e. The van der Waals surface area contributed by atoms with Crippen LogP contribution in [0.5, 0.6) is 0 Å². The van der Waals surface area contributed by atoms with E-state index in [0.717, 1.165) is 54.0 Å². The summed E-state index contributed by atoms with van der Waals surface area (Å²) in [5.74, 6) is 0.433. The Labute approximate surface area is 216 Å². The van der Waals surface area contributed by atoms with Crippen LogP contribution in [0.15, 0.2) is 35.3 Å². The number of hydrogen-bond acceptors (Lipinski definition) is 8. The van der Waals surface area contributed by atoms with E-state index >= 15 is 0 Å². The van der Waals surface area contributed by atoms with E-state index in [0.29, 0.717) is 4.48 Å². The quantitative estimate of drug-likeness (QED) is 0.443. The number of carbonyl (C=O) groups is 2. The Hall–Kier alpha value is -3.11. The molecule has 2 aliphatic heterocycles. The molecule has 1 amide bonds. The lowest BCUT2D eigenvalue weighted by atomic mass is 10.1. The highest BCUT2D eigenvalue weighted by Crippen LogP contribution is 2.39. The van der Waals surface area contributed by atoms with Crippen LogP contribution in [0.4, 0.5) is 21.2 Å². The zero-order valence-electron chi connectivity index (χ0n) is 21.7. The van der Waals surface area contributed by atoms with E-state index < -0.39 is 18.1 Å². The molecule has 0 aliphatic carbocycles. The fourth-order valence-electron chi connectivity index (χ4n) is 4.39. The van der Waals surface area contributed by atoms with Gasteiger partial charge >= 0.3 is 12.1 Å². The van der Waals surface area contributed by atoms with Crippen molar-refractivity contribution in [2.75, 3.05) is 51.9 Å². The van der Waals surface area contributed by atoms with E-state index in [1.165, 1.54) is 4.88 Å². The lowest BCUT2D eigenvalue weighted by molar-refractivity contribution is -0.928. The SMILES string of the molecule is CCOC(=O)[C@@H](NC(=O)OC[N+]1(C)CCN(C2=Nc3ccccc3Nc3sc(C)cc32)CC1)C(C)C. The van der Waals surface area contributed by atoms with Gasteiger partial charge in [0, 0.05) is 4.88 Å².